The first-order valence-corrected chi connectivity index (χ1v) is 8.87. The van der Waals surface area contributed by atoms with Gasteiger partial charge >= 0.3 is 0 Å². The van der Waals surface area contributed by atoms with Gasteiger partial charge in [0.1, 0.15) is 0 Å². The number of carbonyl (C=O) groups is 1. The summed E-state index contributed by atoms with van der Waals surface area (Å²) in [4.78, 5) is 18.1. The molecule has 132 valence electrons. The maximum Gasteiger partial charge on any atom is 0.225 e. The molecule has 2 aliphatic rings. The largest absolute Gasteiger partial charge is 0.393 e. The highest BCUT2D eigenvalue weighted by atomic mass is 16.3. The second-order valence-electron chi connectivity index (χ2n) is 7.15. The molecule has 0 aromatic rings. The number of hydrogen-bond donors (Lipinski definition) is 3. The second kappa shape index (κ2) is 8.52. The second-order valence-corrected chi connectivity index (χ2v) is 7.15. The molecule has 4 unspecified atom stereocenters. The van der Waals surface area contributed by atoms with Gasteiger partial charge in [-0.25, -0.2) is 0 Å². The predicted molar refractivity (Wildman–Crippen MR) is 92.3 cm³/mol. The molecular weight excluding hydrogens is 292 g/mol. The molecule has 0 aromatic carbocycles. The van der Waals surface area contributed by atoms with Crippen LogP contribution in [0.25, 0.3) is 0 Å². The lowest BCUT2D eigenvalue weighted by atomic mass is 9.85. The normalized spacial score (nSPS) is 31.7. The summed E-state index contributed by atoms with van der Waals surface area (Å²) in [6.45, 7) is 0.758. The number of nitrogens with zero attached hydrogens (tertiary/aromatic N) is 2. The van der Waals surface area contributed by atoms with E-state index < -0.39 is 0 Å². The van der Waals surface area contributed by atoms with Gasteiger partial charge in [0.15, 0.2) is 5.96 Å². The summed E-state index contributed by atoms with van der Waals surface area (Å²) in [5.74, 6) is 1.45. The van der Waals surface area contributed by atoms with Crippen LogP contribution in [0.15, 0.2) is 4.99 Å². The van der Waals surface area contributed by atoms with Crippen molar-refractivity contribution in [3.05, 3.63) is 0 Å². The Labute approximate surface area is 139 Å². The van der Waals surface area contributed by atoms with Crippen LogP contribution in [0, 0.1) is 11.8 Å². The fraction of sp³-hybridized carbons (Fsp3) is 0.882. The van der Waals surface area contributed by atoms with Gasteiger partial charge in [-0.3, -0.25) is 9.79 Å². The Morgan fingerprint density at radius 2 is 1.96 bits per heavy atom. The Morgan fingerprint density at radius 1 is 1.22 bits per heavy atom. The molecule has 2 saturated carbocycles. The van der Waals surface area contributed by atoms with Gasteiger partial charge in [-0.1, -0.05) is 12.8 Å². The lowest BCUT2D eigenvalue weighted by molar-refractivity contribution is -0.134. The highest BCUT2D eigenvalue weighted by molar-refractivity contribution is 5.81. The fourth-order valence-electron chi connectivity index (χ4n) is 3.78. The van der Waals surface area contributed by atoms with Crippen molar-refractivity contribution in [2.75, 3.05) is 27.7 Å². The smallest absolute Gasteiger partial charge is 0.225 e. The van der Waals surface area contributed by atoms with E-state index in [9.17, 15) is 9.90 Å². The molecule has 1 amide bonds. The van der Waals surface area contributed by atoms with Crippen LogP contribution >= 0.6 is 0 Å². The summed E-state index contributed by atoms with van der Waals surface area (Å²) in [6, 6.07) is 0.289. The summed E-state index contributed by atoms with van der Waals surface area (Å²) in [5.41, 5.74) is 0. The molecule has 0 bridgehead atoms. The van der Waals surface area contributed by atoms with Crippen molar-refractivity contribution >= 4 is 11.9 Å². The van der Waals surface area contributed by atoms with Crippen LogP contribution in [0.1, 0.15) is 44.9 Å². The lowest BCUT2D eigenvalue weighted by Gasteiger charge is -2.31. The third-order valence-corrected chi connectivity index (χ3v) is 5.18. The molecule has 2 aliphatic carbocycles. The Kier molecular flexibility index (Phi) is 6.69. The van der Waals surface area contributed by atoms with Crippen molar-refractivity contribution < 1.29 is 9.90 Å². The minimum atomic E-state index is -0.183. The summed E-state index contributed by atoms with van der Waals surface area (Å²) in [6.07, 6.45) is 6.90. The summed E-state index contributed by atoms with van der Waals surface area (Å²) >= 11 is 0. The van der Waals surface area contributed by atoms with Crippen LogP contribution in [-0.2, 0) is 4.79 Å². The number of guanidine groups is 1. The molecule has 2 rings (SSSR count). The lowest BCUT2D eigenvalue weighted by Crippen LogP contribution is -2.48. The van der Waals surface area contributed by atoms with Crippen molar-refractivity contribution in [1.29, 1.82) is 0 Å². The van der Waals surface area contributed by atoms with Gasteiger partial charge in [-0.2, -0.15) is 0 Å². The molecule has 2 fully saturated rings. The Balaban J connectivity index is 1.80. The number of aliphatic hydroxyl groups excluding tert-OH is 1. The number of amides is 1. The van der Waals surface area contributed by atoms with Crippen LogP contribution < -0.4 is 10.6 Å². The number of rotatable bonds is 4. The van der Waals surface area contributed by atoms with Gasteiger partial charge in [0.25, 0.3) is 0 Å². The first kappa shape index (κ1) is 18.0. The minimum absolute atomic E-state index is 0.117. The predicted octanol–water partition coefficient (Wildman–Crippen LogP) is 0.959. The first-order valence-electron chi connectivity index (χ1n) is 8.87. The molecule has 0 saturated heterocycles. The topological polar surface area (TPSA) is 77.0 Å². The highest BCUT2D eigenvalue weighted by Gasteiger charge is 2.29. The molecule has 6 heteroatoms. The minimum Gasteiger partial charge on any atom is -0.393 e. The SMILES string of the molecule is CN=C(NCC1CCCC1O)NC1CCCC(C(=O)N(C)C)C1. The average molecular weight is 324 g/mol. The van der Waals surface area contributed by atoms with E-state index in [2.05, 4.69) is 15.6 Å². The molecule has 4 atom stereocenters. The van der Waals surface area contributed by atoms with Gasteiger partial charge in [-0.15, -0.1) is 0 Å². The van der Waals surface area contributed by atoms with Crippen LogP contribution in [-0.4, -0.2) is 61.7 Å². The molecule has 0 spiro atoms. The molecule has 3 N–H and O–H groups in total. The van der Waals surface area contributed by atoms with Crippen molar-refractivity contribution in [1.82, 2.24) is 15.5 Å². The van der Waals surface area contributed by atoms with Crippen molar-refractivity contribution in [2.24, 2.45) is 16.8 Å². The third-order valence-electron chi connectivity index (χ3n) is 5.18. The molecule has 6 nitrogen and oxygen atoms in total. The van der Waals surface area contributed by atoms with Crippen LogP contribution in [0.2, 0.25) is 0 Å². The zero-order chi connectivity index (χ0) is 16.8. The zero-order valence-electron chi connectivity index (χ0n) is 14.7. The van der Waals surface area contributed by atoms with E-state index in [4.69, 9.17) is 0 Å². The van der Waals surface area contributed by atoms with E-state index in [-0.39, 0.29) is 24.0 Å². The van der Waals surface area contributed by atoms with Gasteiger partial charge < -0.3 is 20.6 Å². The van der Waals surface area contributed by atoms with Crippen LogP contribution in [0.5, 0.6) is 0 Å². The average Bonchev–Trinajstić information content (AvgIpc) is 2.96. The van der Waals surface area contributed by atoms with Crippen LogP contribution in [0.4, 0.5) is 0 Å². The summed E-state index contributed by atoms with van der Waals surface area (Å²) < 4.78 is 0. The van der Waals surface area contributed by atoms with Crippen molar-refractivity contribution in [2.45, 2.75) is 57.1 Å². The van der Waals surface area contributed by atoms with Crippen molar-refractivity contribution in [3.63, 3.8) is 0 Å². The van der Waals surface area contributed by atoms with E-state index in [1.165, 1.54) is 0 Å². The monoisotopic (exact) mass is 324 g/mol. The van der Waals surface area contributed by atoms with Gasteiger partial charge in [0.05, 0.1) is 6.10 Å². The molecule has 0 aromatic heterocycles. The van der Waals surface area contributed by atoms with Gasteiger partial charge in [0, 0.05) is 45.6 Å². The first-order chi connectivity index (χ1) is 11.0. The Bertz CT molecular complexity index is 425. The Hall–Kier alpha value is -1.30. The van der Waals surface area contributed by atoms with E-state index in [1.807, 2.05) is 14.1 Å². The number of aliphatic imine (C=N–C) groups is 1. The fourth-order valence-corrected chi connectivity index (χ4v) is 3.78. The molecular formula is C17H32N4O2. The number of carbonyl (C=O) groups excluding carboxylic acids is 1. The number of aliphatic hydroxyl groups is 1. The van der Waals surface area contributed by atoms with Gasteiger partial charge in [-0.05, 0) is 32.1 Å². The van der Waals surface area contributed by atoms with Crippen LogP contribution in [0.3, 0.4) is 0 Å². The van der Waals surface area contributed by atoms with E-state index >= 15 is 0 Å². The standard InChI is InChI=1S/C17H32N4O2/c1-18-17(19-11-13-7-5-9-15(13)22)20-14-8-4-6-12(10-14)16(23)21(2)3/h12-15,22H,4-11H2,1-3H3,(H2,18,19,20). The maximum absolute atomic E-state index is 12.2. The molecule has 23 heavy (non-hydrogen) atoms. The summed E-state index contributed by atoms with van der Waals surface area (Å²) in [5, 5.41) is 16.7. The number of hydrogen-bond acceptors (Lipinski definition) is 3. The summed E-state index contributed by atoms with van der Waals surface area (Å²) in [7, 11) is 5.42. The van der Waals surface area contributed by atoms with Crippen molar-refractivity contribution in [3.8, 4) is 0 Å². The van der Waals surface area contributed by atoms with E-state index in [0.717, 1.165) is 57.5 Å². The Morgan fingerprint density at radius 3 is 2.57 bits per heavy atom. The highest BCUT2D eigenvalue weighted by Crippen LogP contribution is 2.26. The number of nitrogens with one attached hydrogen (secondary N) is 2. The van der Waals surface area contributed by atoms with Gasteiger partial charge in [0.2, 0.25) is 5.91 Å². The van der Waals surface area contributed by atoms with E-state index in [1.54, 1.807) is 11.9 Å². The molecule has 0 radical (unpaired) electrons. The molecule has 0 aliphatic heterocycles. The maximum atomic E-state index is 12.2. The zero-order valence-corrected chi connectivity index (χ0v) is 14.7. The third kappa shape index (κ3) is 5.09. The molecule has 0 heterocycles. The van der Waals surface area contributed by atoms with E-state index in [0.29, 0.717) is 5.92 Å². The quantitative estimate of drug-likeness (QED) is 0.532.